The molecule has 14 heteroatoms. The molecular weight excluding hydrogens is 640 g/mol. The van der Waals surface area contributed by atoms with E-state index in [4.69, 9.17) is 0 Å². The zero-order valence-corrected chi connectivity index (χ0v) is 27.2. The van der Waals surface area contributed by atoms with Crippen LogP contribution in [-0.2, 0) is 35.0 Å². The van der Waals surface area contributed by atoms with Crippen LogP contribution in [0.3, 0.4) is 0 Å². The van der Waals surface area contributed by atoms with Gasteiger partial charge in [-0.3, -0.25) is 14.4 Å². The average Bonchev–Trinajstić information content (AvgIpc) is 2.97. The molecule has 0 bridgehead atoms. The van der Waals surface area contributed by atoms with Gasteiger partial charge in [-0.1, -0.05) is 35.9 Å². The number of aryl methyl sites for hydroxylation is 2. The molecular formula is C34H39F6N5O3. The Bertz CT molecular complexity index is 1600. The molecule has 0 unspecified atom stereocenters. The quantitative estimate of drug-likeness (QED) is 0.154. The third kappa shape index (κ3) is 11.6. The van der Waals surface area contributed by atoms with Crippen LogP contribution in [0, 0.1) is 13.8 Å². The van der Waals surface area contributed by atoms with Crippen molar-refractivity contribution in [2.75, 3.05) is 18.4 Å². The molecule has 0 aromatic heterocycles. The molecule has 3 rings (SSSR count). The number of amides is 3. The molecule has 260 valence electrons. The van der Waals surface area contributed by atoms with E-state index in [9.17, 15) is 40.7 Å². The van der Waals surface area contributed by atoms with Gasteiger partial charge in [-0.15, -0.1) is 0 Å². The molecule has 48 heavy (non-hydrogen) atoms. The van der Waals surface area contributed by atoms with E-state index in [0.29, 0.717) is 18.2 Å². The Hall–Kier alpha value is -4.59. The van der Waals surface area contributed by atoms with E-state index in [2.05, 4.69) is 26.6 Å². The second-order valence-electron chi connectivity index (χ2n) is 12.4. The van der Waals surface area contributed by atoms with E-state index in [0.717, 1.165) is 41.0 Å². The normalized spacial score (nSPS) is 12.6. The Morgan fingerprint density at radius 3 is 1.98 bits per heavy atom. The van der Waals surface area contributed by atoms with Crippen LogP contribution in [0.2, 0.25) is 0 Å². The molecule has 0 aliphatic carbocycles. The maximum atomic E-state index is 13.5. The number of rotatable bonds is 12. The highest BCUT2D eigenvalue weighted by Gasteiger charge is 2.32. The number of benzene rings is 3. The van der Waals surface area contributed by atoms with Crippen LogP contribution >= 0.6 is 0 Å². The summed E-state index contributed by atoms with van der Waals surface area (Å²) in [5, 5.41) is 13.6. The van der Waals surface area contributed by atoms with Gasteiger partial charge in [0.1, 0.15) is 6.04 Å². The van der Waals surface area contributed by atoms with Crippen molar-refractivity contribution in [2.24, 2.45) is 0 Å². The molecule has 0 radical (unpaired) electrons. The summed E-state index contributed by atoms with van der Waals surface area (Å²) in [5.74, 6) is -2.27. The lowest BCUT2D eigenvalue weighted by atomic mass is 10.1. The van der Waals surface area contributed by atoms with Crippen LogP contribution in [0.4, 0.5) is 32.0 Å². The molecule has 3 aromatic carbocycles. The highest BCUT2D eigenvalue weighted by Crippen LogP contribution is 2.32. The van der Waals surface area contributed by atoms with Crippen molar-refractivity contribution in [3.63, 3.8) is 0 Å². The zero-order valence-electron chi connectivity index (χ0n) is 27.2. The number of carbonyl (C=O) groups excluding carboxylic acids is 3. The van der Waals surface area contributed by atoms with Crippen LogP contribution in [0.1, 0.15) is 64.5 Å². The van der Waals surface area contributed by atoms with Crippen molar-refractivity contribution >= 4 is 23.4 Å². The fraction of sp³-hybridized carbons (Fsp3) is 0.382. The number of anilines is 1. The third-order valence-electron chi connectivity index (χ3n) is 7.08. The zero-order chi connectivity index (χ0) is 35.9. The van der Waals surface area contributed by atoms with Crippen LogP contribution in [-0.4, -0.2) is 42.4 Å². The van der Waals surface area contributed by atoms with Crippen LogP contribution in [0.15, 0.2) is 60.7 Å². The maximum Gasteiger partial charge on any atom is 0.416 e. The Kier molecular flexibility index (Phi) is 12.3. The molecule has 0 spiro atoms. The molecule has 0 saturated carbocycles. The van der Waals surface area contributed by atoms with Gasteiger partial charge in [0.05, 0.1) is 23.2 Å². The van der Waals surface area contributed by atoms with Gasteiger partial charge in [-0.05, 0) is 81.6 Å². The predicted octanol–water partition coefficient (Wildman–Crippen LogP) is 5.87. The summed E-state index contributed by atoms with van der Waals surface area (Å²) in [6.45, 7) is 8.92. The first-order chi connectivity index (χ1) is 22.2. The summed E-state index contributed by atoms with van der Waals surface area (Å²) < 4.78 is 79.2. The maximum absolute atomic E-state index is 13.5. The molecule has 0 saturated heterocycles. The molecule has 5 N–H and O–H groups in total. The fourth-order valence-electron chi connectivity index (χ4n) is 4.63. The number of halogens is 6. The number of hydrogen-bond acceptors (Lipinski definition) is 5. The second-order valence-corrected chi connectivity index (χ2v) is 12.4. The van der Waals surface area contributed by atoms with Gasteiger partial charge in [-0.25, -0.2) is 0 Å². The summed E-state index contributed by atoms with van der Waals surface area (Å²) in [6.07, 6.45) is -9.32. The summed E-state index contributed by atoms with van der Waals surface area (Å²) >= 11 is 0. The monoisotopic (exact) mass is 679 g/mol. The lowest BCUT2D eigenvalue weighted by molar-refractivity contribution is -0.138. The van der Waals surface area contributed by atoms with Gasteiger partial charge >= 0.3 is 12.4 Å². The van der Waals surface area contributed by atoms with E-state index in [-0.39, 0.29) is 18.8 Å². The minimum absolute atomic E-state index is 0.0422. The van der Waals surface area contributed by atoms with Gasteiger partial charge in [0, 0.05) is 30.9 Å². The molecule has 0 heterocycles. The number of hydrogen-bond donors (Lipinski definition) is 5. The van der Waals surface area contributed by atoms with Gasteiger partial charge in [0.25, 0.3) is 5.91 Å². The van der Waals surface area contributed by atoms with Gasteiger partial charge in [0.15, 0.2) is 0 Å². The number of carbonyl (C=O) groups is 3. The standard InChI is InChI=1S/C34H39F6N5O3/c1-20-6-9-23(21(2)14-20)17-41-18-28(31(48)45-32(3,4)5)44-29(46)19-43-30(47)26-15-25(34(38,39)40)12-13-27(26)42-16-22-7-10-24(11-8-22)33(35,36)37/h6-15,28,41-42H,16-19H2,1-5H3,(H,43,47)(H,44,46)(H,45,48)/t28-/m0/s1. The van der Waals surface area contributed by atoms with E-state index < -0.39 is 64.9 Å². The lowest BCUT2D eigenvalue weighted by Crippen LogP contribution is -2.56. The Balaban J connectivity index is 1.70. The summed E-state index contributed by atoms with van der Waals surface area (Å²) in [7, 11) is 0. The second kappa shape index (κ2) is 15.5. The number of alkyl halides is 6. The van der Waals surface area contributed by atoms with E-state index >= 15 is 0 Å². The van der Waals surface area contributed by atoms with Crippen molar-refractivity contribution in [2.45, 2.75) is 71.6 Å². The smallest absolute Gasteiger partial charge is 0.380 e. The van der Waals surface area contributed by atoms with Crippen LogP contribution in [0.5, 0.6) is 0 Å². The van der Waals surface area contributed by atoms with Crippen LogP contribution in [0.25, 0.3) is 0 Å². The van der Waals surface area contributed by atoms with Crippen molar-refractivity contribution in [3.05, 3.63) is 99.6 Å². The van der Waals surface area contributed by atoms with E-state index in [1.807, 2.05) is 32.0 Å². The van der Waals surface area contributed by atoms with Crippen molar-refractivity contribution < 1.29 is 40.7 Å². The van der Waals surface area contributed by atoms with Gasteiger partial charge in [0.2, 0.25) is 11.8 Å². The van der Waals surface area contributed by atoms with Gasteiger partial charge < -0.3 is 26.6 Å². The van der Waals surface area contributed by atoms with Crippen molar-refractivity contribution in [1.29, 1.82) is 0 Å². The van der Waals surface area contributed by atoms with Crippen molar-refractivity contribution in [3.8, 4) is 0 Å². The molecule has 8 nitrogen and oxygen atoms in total. The highest BCUT2D eigenvalue weighted by atomic mass is 19.4. The summed E-state index contributed by atoms with van der Waals surface area (Å²) in [6, 6.07) is 11.4. The highest BCUT2D eigenvalue weighted by molar-refractivity contribution is 6.01. The fourth-order valence-corrected chi connectivity index (χ4v) is 4.63. The first kappa shape index (κ1) is 37.9. The third-order valence-corrected chi connectivity index (χ3v) is 7.08. The summed E-state index contributed by atoms with van der Waals surface area (Å²) in [4.78, 5) is 39.0. The SMILES string of the molecule is Cc1ccc(CNC[C@H](NC(=O)CNC(=O)c2cc(C(F)(F)F)ccc2NCc2ccc(C(F)(F)F)cc2)C(=O)NC(C)(C)C)c(C)c1. The molecule has 3 aromatic rings. The van der Waals surface area contributed by atoms with Crippen molar-refractivity contribution in [1.82, 2.24) is 21.3 Å². The van der Waals surface area contributed by atoms with Crippen LogP contribution < -0.4 is 26.6 Å². The van der Waals surface area contributed by atoms with Gasteiger partial charge in [-0.2, -0.15) is 26.3 Å². The summed E-state index contributed by atoms with van der Waals surface area (Å²) in [5.41, 5.74) is 0.431. The Morgan fingerprint density at radius 1 is 0.771 bits per heavy atom. The largest absolute Gasteiger partial charge is 0.416 e. The minimum atomic E-state index is -4.78. The van der Waals surface area contributed by atoms with E-state index in [1.54, 1.807) is 20.8 Å². The minimum Gasteiger partial charge on any atom is -0.380 e. The Labute approximate surface area is 275 Å². The topological polar surface area (TPSA) is 111 Å². The molecule has 1 atom stereocenters. The number of nitrogens with one attached hydrogen (secondary N) is 5. The average molecular weight is 680 g/mol. The molecule has 3 amide bonds. The lowest BCUT2D eigenvalue weighted by Gasteiger charge is -2.26. The molecule has 0 aliphatic rings. The molecule has 0 aliphatic heterocycles. The molecule has 0 fully saturated rings. The Morgan fingerprint density at radius 2 is 1.40 bits per heavy atom. The van der Waals surface area contributed by atoms with E-state index in [1.165, 1.54) is 12.1 Å². The predicted molar refractivity (Wildman–Crippen MR) is 170 cm³/mol. The first-order valence-electron chi connectivity index (χ1n) is 15.0. The first-order valence-corrected chi connectivity index (χ1v) is 15.0.